The van der Waals surface area contributed by atoms with E-state index in [2.05, 4.69) is 26.1 Å². The van der Waals surface area contributed by atoms with Gasteiger partial charge in [-0.1, -0.05) is 52.9 Å². The fourth-order valence-electron chi connectivity index (χ4n) is 3.90. The highest BCUT2D eigenvalue weighted by Crippen LogP contribution is 2.37. The van der Waals surface area contributed by atoms with Gasteiger partial charge in [0, 0.05) is 12.1 Å². The Morgan fingerprint density at radius 3 is 2.59 bits per heavy atom. The lowest BCUT2D eigenvalue weighted by molar-refractivity contribution is 0.137. The van der Waals surface area contributed by atoms with E-state index in [0.29, 0.717) is 5.41 Å². The minimum atomic E-state index is 0.525. The topological polar surface area (TPSA) is 12.0 Å². The van der Waals surface area contributed by atoms with Gasteiger partial charge in [-0.2, -0.15) is 0 Å². The molecule has 0 aromatic rings. The minimum absolute atomic E-state index is 0.525. The van der Waals surface area contributed by atoms with Crippen LogP contribution in [0.4, 0.5) is 0 Å². The highest BCUT2D eigenvalue weighted by molar-refractivity contribution is 4.91. The molecule has 0 radical (unpaired) electrons. The van der Waals surface area contributed by atoms with Crippen LogP contribution in [0.2, 0.25) is 0 Å². The maximum Gasteiger partial charge on any atom is 0.0121 e. The third-order valence-electron chi connectivity index (χ3n) is 5.30. The van der Waals surface area contributed by atoms with Crippen LogP contribution in [0.3, 0.4) is 0 Å². The zero-order valence-corrected chi connectivity index (χ0v) is 12.1. The molecule has 0 aromatic carbocycles. The summed E-state index contributed by atoms with van der Waals surface area (Å²) in [5, 5.41) is 4.01. The van der Waals surface area contributed by atoms with Gasteiger partial charge >= 0.3 is 0 Å². The summed E-state index contributed by atoms with van der Waals surface area (Å²) < 4.78 is 0. The van der Waals surface area contributed by atoms with Gasteiger partial charge in [-0.15, -0.1) is 0 Å². The second-order valence-corrected chi connectivity index (χ2v) is 7.09. The highest BCUT2D eigenvalue weighted by Gasteiger charge is 2.34. The maximum atomic E-state index is 4.01. The number of hydrogen-bond donors (Lipinski definition) is 1. The van der Waals surface area contributed by atoms with E-state index in [-0.39, 0.29) is 0 Å². The molecular weight excluding hydrogens is 206 g/mol. The zero-order chi connectivity index (χ0) is 12.3. The Balaban J connectivity index is 1.86. The third-order valence-corrected chi connectivity index (χ3v) is 5.30. The van der Waals surface area contributed by atoms with E-state index < -0.39 is 0 Å². The fourth-order valence-corrected chi connectivity index (χ4v) is 3.90. The van der Waals surface area contributed by atoms with Crippen molar-refractivity contribution in [3.8, 4) is 0 Å². The second-order valence-electron chi connectivity index (χ2n) is 7.09. The molecule has 0 bridgehead atoms. The van der Waals surface area contributed by atoms with Crippen LogP contribution in [0, 0.1) is 11.3 Å². The van der Waals surface area contributed by atoms with Crippen molar-refractivity contribution in [2.75, 3.05) is 0 Å². The van der Waals surface area contributed by atoms with Gasteiger partial charge in [-0.3, -0.25) is 0 Å². The molecule has 17 heavy (non-hydrogen) atoms. The molecule has 1 heteroatoms. The third kappa shape index (κ3) is 3.47. The lowest BCUT2D eigenvalue weighted by Gasteiger charge is -2.43. The Bertz CT molecular complexity index is 234. The monoisotopic (exact) mass is 237 g/mol. The van der Waals surface area contributed by atoms with Crippen molar-refractivity contribution in [2.24, 2.45) is 11.3 Å². The molecular formula is C16H31N. The molecule has 0 aromatic heterocycles. The molecule has 2 rings (SSSR count). The van der Waals surface area contributed by atoms with Gasteiger partial charge in [0.1, 0.15) is 0 Å². The van der Waals surface area contributed by atoms with E-state index in [9.17, 15) is 0 Å². The van der Waals surface area contributed by atoms with Crippen molar-refractivity contribution < 1.29 is 0 Å². The van der Waals surface area contributed by atoms with E-state index in [1.54, 1.807) is 0 Å². The summed E-state index contributed by atoms with van der Waals surface area (Å²) in [6, 6.07) is 1.59. The van der Waals surface area contributed by atoms with Crippen molar-refractivity contribution >= 4 is 0 Å². The predicted octanol–water partition coefficient (Wildman–Crippen LogP) is 4.51. The van der Waals surface area contributed by atoms with Crippen LogP contribution in [-0.4, -0.2) is 12.1 Å². The van der Waals surface area contributed by atoms with E-state index in [0.717, 1.165) is 18.0 Å². The van der Waals surface area contributed by atoms with Crippen LogP contribution < -0.4 is 5.32 Å². The molecule has 3 unspecified atom stereocenters. The van der Waals surface area contributed by atoms with Crippen molar-refractivity contribution in [2.45, 2.75) is 90.6 Å². The first-order chi connectivity index (χ1) is 8.12. The average Bonchev–Trinajstić information content (AvgIpc) is 2.32. The summed E-state index contributed by atoms with van der Waals surface area (Å²) in [4.78, 5) is 0. The molecule has 0 heterocycles. The first-order valence-corrected chi connectivity index (χ1v) is 7.88. The van der Waals surface area contributed by atoms with Crippen molar-refractivity contribution in [1.29, 1.82) is 0 Å². The summed E-state index contributed by atoms with van der Waals surface area (Å²) in [5.74, 6) is 0.993. The molecule has 2 aliphatic rings. The molecule has 1 N–H and O–H groups in total. The van der Waals surface area contributed by atoms with E-state index in [4.69, 9.17) is 0 Å². The van der Waals surface area contributed by atoms with Crippen LogP contribution in [0.15, 0.2) is 0 Å². The quantitative estimate of drug-likeness (QED) is 0.761. The lowest BCUT2D eigenvalue weighted by Crippen LogP contribution is -2.49. The summed E-state index contributed by atoms with van der Waals surface area (Å²) in [7, 11) is 0. The van der Waals surface area contributed by atoms with Gasteiger partial charge in [0.05, 0.1) is 0 Å². The average molecular weight is 237 g/mol. The Hall–Kier alpha value is -0.0400. The summed E-state index contributed by atoms with van der Waals surface area (Å²) in [5.41, 5.74) is 0.525. The van der Waals surface area contributed by atoms with Crippen LogP contribution in [-0.2, 0) is 0 Å². The number of nitrogens with one attached hydrogen (secondary N) is 1. The predicted molar refractivity (Wildman–Crippen MR) is 75.2 cm³/mol. The Labute approximate surface area is 108 Å². The van der Waals surface area contributed by atoms with Crippen LogP contribution in [0.5, 0.6) is 0 Å². The van der Waals surface area contributed by atoms with Gasteiger partial charge in [0.2, 0.25) is 0 Å². The summed E-state index contributed by atoms with van der Waals surface area (Å²) >= 11 is 0. The van der Waals surface area contributed by atoms with E-state index in [1.807, 2.05) is 0 Å². The van der Waals surface area contributed by atoms with E-state index in [1.165, 1.54) is 57.8 Å². The molecule has 1 nitrogen and oxygen atoms in total. The second kappa shape index (κ2) is 5.73. The van der Waals surface area contributed by atoms with Gasteiger partial charge in [-0.05, 0) is 37.0 Å². The largest absolute Gasteiger partial charge is 0.311 e. The van der Waals surface area contributed by atoms with Gasteiger partial charge < -0.3 is 5.32 Å². The molecule has 0 spiro atoms. The van der Waals surface area contributed by atoms with Crippen molar-refractivity contribution in [3.63, 3.8) is 0 Å². The van der Waals surface area contributed by atoms with Crippen molar-refractivity contribution in [3.05, 3.63) is 0 Å². The molecule has 0 amide bonds. The molecule has 0 saturated heterocycles. The normalized spacial score (nSPS) is 37.9. The summed E-state index contributed by atoms with van der Waals surface area (Å²) in [6.07, 6.45) is 12.8. The van der Waals surface area contributed by atoms with Crippen LogP contribution in [0.25, 0.3) is 0 Å². The standard InChI is InChI=1S/C16H31N/c1-4-13-8-7-9-14(12-13)17-15-10-5-6-11-16(15,2)3/h13-15,17H,4-12H2,1-3H3. The Morgan fingerprint density at radius 2 is 1.88 bits per heavy atom. The minimum Gasteiger partial charge on any atom is -0.311 e. The molecule has 0 aliphatic heterocycles. The lowest BCUT2D eigenvalue weighted by atomic mass is 9.72. The highest BCUT2D eigenvalue weighted by atomic mass is 15.0. The zero-order valence-electron chi connectivity index (χ0n) is 12.1. The molecule has 2 saturated carbocycles. The Morgan fingerprint density at radius 1 is 1.06 bits per heavy atom. The van der Waals surface area contributed by atoms with Gasteiger partial charge in [0.15, 0.2) is 0 Å². The van der Waals surface area contributed by atoms with Crippen LogP contribution >= 0.6 is 0 Å². The summed E-state index contributed by atoms with van der Waals surface area (Å²) in [6.45, 7) is 7.28. The molecule has 100 valence electrons. The fraction of sp³-hybridized carbons (Fsp3) is 1.00. The van der Waals surface area contributed by atoms with Gasteiger partial charge in [-0.25, -0.2) is 0 Å². The number of hydrogen-bond acceptors (Lipinski definition) is 1. The van der Waals surface area contributed by atoms with E-state index >= 15 is 0 Å². The van der Waals surface area contributed by atoms with Crippen LogP contribution in [0.1, 0.15) is 78.6 Å². The first-order valence-electron chi connectivity index (χ1n) is 7.88. The number of rotatable bonds is 3. The molecule has 2 aliphatic carbocycles. The molecule has 3 atom stereocenters. The smallest absolute Gasteiger partial charge is 0.0121 e. The van der Waals surface area contributed by atoms with Crippen molar-refractivity contribution in [1.82, 2.24) is 5.32 Å². The maximum absolute atomic E-state index is 4.01. The Kier molecular flexibility index (Phi) is 4.52. The molecule has 2 fully saturated rings. The van der Waals surface area contributed by atoms with Gasteiger partial charge in [0.25, 0.3) is 0 Å². The first kappa shape index (κ1) is 13.4. The SMILES string of the molecule is CCC1CCCC(NC2CCCCC2(C)C)C1.